The second-order valence-corrected chi connectivity index (χ2v) is 7.94. The second kappa shape index (κ2) is 6.78. The normalized spacial score (nSPS) is 19.1. The molecule has 2 aromatic carbocycles. The third-order valence-corrected chi connectivity index (χ3v) is 6.28. The molecule has 4 nitrogen and oxygen atoms in total. The van der Waals surface area contributed by atoms with E-state index in [-0.39, 0.29) is 5.63 Å². The number of nitrogens with zero attached hydrogens (tertiary/aromatic N) is 1. The van der Waals surface area contributed by atoms with Gasteiger partial charge < -0.3 is 9.15 Å². The Hall–Kier alpha value is -2.59. The van der Waals surface area contributed by atoms with E-state index in [1.54, 1.807) is 6.07 Å². The van der Waals surface area contributed by atoms with Crippen molar-refractivity contribution in [3.8, 4) is 5.75 Å². The van der Waals surface area contributed by atoms with E-state index in [9.17, 15) is 4.79 Å². The van der Waals surface area contributed by atoms with Gasteiger partial charge in [0, 0.05) is 35.2 Å². The van der Waals surface area contributed by atoms with E-state index < -0.39 is 0 Å². The van der Waals surface area contributed by atoms with Crippen LogP contribution in [0.15, 0.2) is 45.6 Å². The average Bonchev–Trinajstić information content (AvgIpc) is 2.73. The van der Waals surface area contributed by atoms with E-state index in [4.69, 9.17) is 9.15 Å². The monoisotopic (exact) mass is 375 g/mol. The number of hydrogen-bond donors (Lipinski definition) is 0. The highest BCUT2D eigenvalue weighted by atomic mass is 16.5. The van der Waals surface area contributed by atoms with E-state index in [2.05, 4.69) is 42.2 Å². The Balaban J connectivity index is 1.57. The smallest absolute Gasteiger partial charge is 0.336 e. The first kappa shape index (κ1) is 17.5. The van der Waals surface area contributed by atoms with Gasteiger partial charge in [-0.15, -0.1) is 0 Å². The van der Waals surface area contributed by atoms with Gasteiger partial charge in [-0.25, -0.2) is 4.79 Å². The van der Waals surface area contributed by atoms with Crippen LogP contribution < -0.4 is 10.4 Å². The van der Waals surface area contributed by atoms with Crippen LogP contribution in [0.3, 0.4) is 0 Å². The first-order valence-electron chi connectivity index (χ1n) is 10.2. The molecule has 1 aliphatic heterocycles. The molecule has 1 atom stereocenters. The average molecular weight is 375 g/mol. The van der Waals surface area contributed by atoms with Crippen molar-refractivity contribution in [3.63, 3.8) is 0 Å². The third kappa shape index (κ3) is 2.75. The first-order valence-corrected chi connectivity index (χ1v) is 10.2. The molecule has 0 bridgehead atoms. The van der Waals surface area contributed by atoms with Crippen molar-refractivity contribution >= 4 is 11.0 Å². The van der Waals surface area contributed by atoms with Gasteiger partial charge in [-0.3, -0.25) is 4.90 Å². The molecule has 0 amide bonds. The Kier molecular flexibility index (Phi) is 4.24. The Morgan fingerprint density at radius 1 is 1.18 bits per heavy atom. The molecule has 144 valence electrons. The van der Waals surface area contributed by atoms with Crippen molar-refractivity contribution in [3.05, 3.63) is 74.6 Å². The van der Waals surface area contributed by atoms with Crippen LogP contribution in [0.2, 0.25) is 0 Å². The van der Waals surface area contributed by atoms with Crippen molar-refractivity contribution < 1.29 is 9.15 Å². The number of benzene rings is 2. The van der Waals surface area contributed by atoms with Crippen molar-refractivity contribution in [2.75, 3.05) is 6.73 Å². The SMILES string of the molecule is CCc1cc(=O)oc2c(C)c3c(cc12)CN(C1CCCc2ccccc21)CO3. The minimum Gasteiger partial charge on any atom is -0.477 e. The molecule has 0 spiro atoms. The first-order chi connectivity index (χ1) is 13.7. The topological polar surface area (TPSA) is 42.7 Å². The molecule has 2 heterocycles. The lowest BCUT2D eigenvalue weighted by molar-refractivity contribution is 0.0475. The zero-order valence-electron chi connectivity index (χ0n) is 16.5. The van der Waals surface area contributed by atoms with Crippen molar-refractivity contribution in [1.29, 1.82) is 0 Å². The van der Waals surface area contributed by atoms with Gasteiger partial charge in [0.15, 0.2) is 0 Å². The summed E-state index contributed by atoms with van der Waals surface area (Å²) < 4.78 is 11.8. The van der Waals surface area contributed by atoms with Crippen LogP contribution >= 0.6 is 0 Å². The van der Waals surface area contributed by atoms with Gasteiger partial charge in [0.1, 0.15) is 18.1 Å². The molecule has 3 aromatic rings. The summed E-state index contributed by atoms with van der Waals surface area (Å²) in [5.74, 6) is 0.879. The van der Waals surface area contributed by atoms with E-state index in [0.717, 1.165) is 41.6 Å². The lowest BCUT2D eigenvalue weighted by Crippen LogP contribution is -2.37. The molecule has 0 radical (unpaired) electrons. The number of rotatable bonds is 2. The van der Waals surface area contributed by atoms with Crippen LogP contribution in [0.1, 0.15) is 53.6 Å². The second-order valence-electron chi connectivity index (χ2n) is 7.94. The van der Waals surface area contributed by atoms with E-state index in [0.29, 0.717) is 18.4 Å². The number of hydrogen-bond acceptors (Lipinski definition) is 4. The zero-order chi connectivity index (χ0) is 19.3. The fourth-order valence-electron chi connectivity index (χ4n) is 4.90. The summed E-state index contributed by atoms with van der Waals surface area (Å²) in [4.78, 5) is 14.4. The minimum atomic E-state index is -0.288. The summed E-state index contributed by atoms with van der Waals surface area (Å²) in [7, 11) is 0. The molecule has 28 heavy (non-hydrogen) atoms. The van der Waals surface area contributed by atoms with Gasteiger partial charge in [-0.2, -0.15) is 0 Å². The maximum atomic E-state index is 11.9. The van der Waals surface area contributed by atoms with Crippen molar-refractivity contribution in [1.82, 2.24) is 4.90 Å². The maximum absolute atomic E-state index is 11.9. The molecular weight excluding hydrogens is 350 g/mol. The highest BCUT2D eigenvalue weighted by Gasteiger charge is 2.30. The molecule has 1 aliphatic carbocycles. The maximum Gasteiger partial charge on any atom is 0.336 e. The van der Waals surface area contributed by atoms with Gasteiger partial charge in [-0.1, -0.05) is 31.2 Å². The van der Waals surface area contributed by atoms with Crippen LogP contribution in [-0.2, 0) is 19.4 Å². The van der Waals surface area contributed by atoms with Gasteiger partial charge >= 0.3 is 5.63 Å². The van der Waals surface area contributed by atoms with E-state index in [1.807, 2.05) is 6.92 Å². The van der Waals surface area contributed by atoms with Crippen LogP contribution in [-0.4, -0.2) is 11.6 Å². The minimum absolute atomic E-state index is 0.288. The summed E-state index contributed by atoms with van der Waals surface area (Å²) in [6.07, 6.45) is 4.35. The Labute approximate surface area is 164 Å². The molecule has 4 heteroatoms. The summed E-state index contributed by atoms with van der Waals surface area (Å²) in [5.41, 5.74) is 6.44. The molecule has 0 saturated heterocycles. The summed E-state index contributed by atoms with van der Waals surface area (Å²) in [5, 5.41) is 1.04. The Morgan fingerprint density at radius 2 is 2.04 bits per heavy atom. The Morgan fingerprint density at radius 3 is 2.89 bits per heavy atom. The van der Waals surface area contributed by atoms with Crippen LogP contribution in [0.5, 0.6) is 5.75 Å². The summed E-state index contributed by atoms with van der Waals surface area (Å²) in [6.45, 7) is 5.49. The molecule has 0 N–H and O–H groups in total. The fourth-order valence-corrected chi connectivity index (χ4v) is 4.90. The van der Waals surface area contributed by atoms with E-state index >= 15 is 0 Å². The lowest BCUT2D eigenvalue weighted by atomic mass is 9.86. The van der Waals surface area contributed by atoms with E-state index in [1.165, 1.54) is 29.5 Å². The largest absolute Gasteiger partial charge is 0.477 e. The Bertz CT molecular complexity index is 1110. The molecule has 1 aromatic heterocycles. The van der Waals surface area contributed by atoms with Gasteiger partial charge in [0.2, 0.25) is 0 Å². The van der Waals surface area contributed by atoms with Crippen molar-refractivity contribution in [2.24, 2.45) is 0 Å². The highest BCUT2D eigenvalue weighted by Crippen LogP contribution is 2.40. The van der Waals surface area contributed by atoms with Crippen molar-refractivity contribution in [2.45, 2.75) is 52.1 Å². The summed E-state index contributed by atoms with van der Waals surface area (Å²) in [6, 6.07) is 13.0. The molecule has 5 rings (SSSR count). The molecule has 1 unspecified atom stereocenters. The van der Waals surface area contributed by atoms with Gasteiger partial charge in [0.25, 0.3) is 0 Å². The third-order valence-electron chi connectivity index (χ3n) is 6.28. The van der Waals surface area contributed by atoms with Crippen LogP contribution in [0.25, 0.3) is 11.0 Å². The number of aryl methyl sites for hydroxylation is 3. The molecule has 0 saturated carbocycles. The zero-order valence-corrected chi connectivity index (χ0v) is 16.5. The predicted molar refractivity (Wildman–Crippen MR) is 110 cm³/mol. The number of fused-ring (bicyclic) bond motifs is 3. The fraction of sp³-hybridized carbons (Fsp3) is 0.375. The van der Waals surface area contributed by atoms with Gasteiger partial charge in [-0.05, 0) is 55.4 Å². The lowest BCUT2D eigenvalue weighted by Gasteiger charge is -2.39. The highest BCUT2D eigenvalue weighted by molar-refractivity contribution is 5.86. The summed E-state index contributed by atoms with van der Waals surface area (Å²) >= 11 is 0. The van der Waals surface area contributed by atoms with Gasteiger partial charge in [0.05, 0.1) is 0 Å². The predicted octanol–water partition coefficient (Wildman–Crippen LogP) is 4.89. The number of ether oxygens (including phenoxy) is 1. The molecule has 0 fully saturated rings. The quantitative estimate of drug-likeness (QED) is 0.598. The standard InChI is InChI=1S/C24H25NO3/c1-3-16-12-22(26)28-24-15(2)23-18(11-20(16)24)13-25(14-27-23)21-10-6-8-17-7-4-5-9-19(17)21/h4-5,7,9,11-12,21H,3,6,8,10,13-14H2,1-2H3. The molecular formula is C24H25NO3. The van der Waals surface area contributed by atoms with Crippen LogP contribution in [0, 0.1) is 6.92 Å². The van der Waals surface area contributed by atoms with Crippen LogP contribution in [0.4, 0.5) is 0 Å². The molecule has 2 aliphatic rings.